The summed E-state index contributed by atoms with van der Waals surface area (Å²) in [6, 6.07) is 3.34. The zero-order chi connectivity index (χ0) is 10.4. The van der Waals surface area contributed by atoms with E-state index in [4.69, 9.17) is 21.4 Å². The number of aromatic nitrogens is 1. The number of nitrogens with zero attached hydrogens (tertiary/aromatic N) is 1. The molecule has 4 nitrogen and oxygen atoms in total. The van der Waals surface area contributed by atoms with Crippen molar-refractivity contribution >= 4 is 17.4 Å². The topological polar surface area (TPSA) is 54.4 Å². The van der Waals surface area contributed by atoms with Crippen molar-refractivity contribution in [1.29, 1.82) is 0 Å². The van der Waals surface area contributed by atoms with E-state index in [9.17, 15) is 0 Å². The van der Waals surface area contributed by atoms with Crippen molar-refractivity contribution in [1.82, 2.24) is 4.98 Å². The second-order valence-electron chi connectivity index (χ2n) is 2.84. The number of pyridine rings is 1. The lowest BCUT2D eigenvalue weighted by atomic mass is 10.3. The van der Waals surface area contributed by atoms with Crippen molar-refractivity contribution in [2.24, 2.45) is 0 Å². The summed E-state index contributed by atoms with van der Waals surface area (Å²) in [4.78, 5) is 4.04. The van der Waals surface area contributed by atoms with Crippen molar-refractivity contribution in [3.8, 4) is 0 Å². The maximum atomic E-state index is 8.98. The highest BCUT2D eigenvalue weighted by Crippen LogP contribution is 2.10. The van der Waals surface area contributed by atoms with Crippen LogP contribution < -0.4 is 5.32 Å². The predicted octanol–water partition coefficient (Wildman–Crippen LogP) is 1.15. The van der Waals surface area contributed by atoms with Crippen molar-refractivity contribution in [2.75, 3.05) is 25.6 Å². The summed E-state index contributed by atoms with van der Waals surface area (Å²) >= 11 is 5.68. The fraction of sp³-hybridized carbons (Fsp3) is 0.444. The first kappa shape index (κ1) is 11.2. The van der Waals surface area contributed by atoms with E-state index in [1.165, 1.54) is 0 Å². The zero-order valence-electron chi connectivity index (χ0n) is 7.90. The molecule has 1 aromatic rings. The van der Waals surface area contributed by atoms with Gasteiger partial charge in [-0.3, -0.25) is 0 Å². The number of halogens is 1. The van der Waals surface area contributed by atoms with Gasteiger partial charge in [0.05, 0.1) is 24.3 Å². The molecule has 0 saturated heterocycles. The average molecular weight is 217 g/mol. The van der Waals surface area contributed by atoms with Gasteiger partial charge in [-0.2, -0.15) is 0 Å². The minimum Gasteiger partial charge on any atom is -0.394 e. The Morgan fingerprint density at radius 1 is 1.64 bits per heavy atom. The maximum Gasteiger partial charge on any atom is 0.126 e. The van der Waals surface area contributed by atoms with Gasteiger partial charge in [0.15, 0.2) is 0 Å². The Hall–Kier alpha value is -0.840. The lowest BCUT2D eigenvalue weighted by Crippen LogP contribution is -2.29. The van der Waals surface area contributed by atoms with E-state index in [0.717, 1.165) is 0 Å². The van der Waals surface area contributed by atoms with Crippen LogP contribution in [0.4, 0.5) is 5.82 Å². The Balaban J connectivity index is 2.53. The number of aliphatic hydroxyl groups excluding tert-OH is 1. The molecule has 1 unspecified atom stereocenters. The van der Waals surface area contributed by atoms with Gasteiger partial charge in [-0.15, -0.1) is 0 Å². The fourth-order valence-corrected chi connectivity index (χ4v) is 1.12. The van der Waals surface area contributed by atoms with E-state index in [1.807, 2.05) is 0 Å². The summed E-state index contributed by atoms with van der Waals surface area (Å²) < 4.78 is 4.91. The van der Waals surface area contributed by atoms with E-state index in [0.29, 0.717) is 17.4 Å². The molecule has 1 aromatic heterocycles. The van der Waals surface area contributed by atoms with Gasteiger partial charge in [0.2, 0.25) is 0 Å². The molecule has 1 rings (SSSR count). The van der Waals surface area contributed by atoms with Crippen LogP contribution in [0.3, 0.4) is 0 Å². The van der Waals surface area contributed by atoms with Crippen molar-refractivity contribution in [2.45, 2.75) is 6.04 Å². The molecule has 14 heavy (non-hydrogen) atoms. The molecule has 78 valence electrons. The zero-order valence-corrected chi connectivity index (χ0v) is 8.66. The first-order valence-electron chi connectivity index (χ1n) is 4.24. The van der Waals surface area contributed by atoms with Crippen LogP contribution in [-0.2, 0) is 4.74 Å². The molecule has 0 aliphatic rings. The van der Waals surface area contributed by atoms with Gasteiger partial charge in [-0.25, -0.2) is 4.98 Å². The van der Waals surface area contributed by atoms with Crippen LogP contribution in [0.5, 0.6) is 0 Å². The lowest BCUT2D eigenvalue weighted by Gasteiger charge is -2.15. The molecule has 0 fully saturated rings. The van der Waals surface area contributed by atoms with Gasteiger partial charge < -0.3 is 15.2 Å². The van der Waals surface area contributed by atoms with Gasteiger partial charge >= 0.3 is 0 Å². The number of nitrogens with one attached hydrogen (secondary N) is 1. The number of aliphatic hydroxyl groups is 1. The molecule has 0 saturated carbocycles. The van der Waals surface area contributed by atoms with Crippen LogP contribution in [-0.4, -0.2) is 36.5 Å². The number of rotatable bonds is 5. The van der Waals surface area contributed by atoms with Crippen molar-refractivity contribution in [3.63, 3.8) is 0 Å². The number of ether oxygens (including phenoxy) is 1. The average Bonchev–Trinajstić information content (AvgIpc) is 2.20. The summed E-state index contributed by atoms with van der Waals surface area (Å²) in [6.45, 7) is 0.430. The molecule has 0 aliphatic carbocycles. The third-order valence-electron chi connectivity index (χ3n) is 1.67. The molecule has 0 radical (unpaired) electrons. The maximum absolute atomic E-state index is 8.98. The van der Waals surface area contributed by atoms with E-state index in [-0.39, 0.29) is 12.6 Å². The van der Waals surface area contributed by atoms with Crippen LogP contribution in [0.2, 0.25) is 5.02 Å². The molecule has 0 aliphatic heterocycles. The summed E-state index contributed by atoms with van der Waals surface area (Å²) in [5.74, 6) is 0.672. The predicted molar refractivity (Wildman–Crippen MR) is 55.6 cm³/mol. The molecule has 1 atom stereocenters. The lowest BCUT2D eigenvalue weighted by molar-refractivity contribution is 0.153. The third kappa shape index (κ3) is 3.49. The Morgan fingerprint density at radius 3 is 2.93 bits per heavy atom. The van der Waals surface area contributed by atoms with Crippen LogP contribution in [0, 0.1) is 0 Å². The summed E-state index contributed by atoms with van der Waals surface area (Å²) in [5, 5.41) is 12.6. The molecule has 1 heterocycles. The quantitative estimate of drug-likeness (QED) is 0.776. The Morgan fingerprint density at radius 2 is 2.43 bits per heavy atom. The van der Waals surface area contributed by atoms with E-state index >= 15 is 0 Å². The molecule has 0 aromatic carbocycles. The molecule has 5 heteroatoms. The Labute approximate surface area is 87.9 Å². The smallest absolute Gasteiger partial charge is 0.126 e. The fourth-order valence-electron chi connectivity index (χ4n) is 1.01. The first-order chi connectivity index (χ1) is 6.76. The second-order valence-corrected chi connectivity index (χ2v) is 3.28. The second kappa shape index (κ2) is 5.80. The van der Waals surface area contributed by atoms with Gasteiger partial charge in [0.25, 0.3) is 0 Å². The standard InChI is InChI=1S/C9H13ClN2O2/c1-14-6-8(5-13)12-9-3-2-7(10)4-11-9/h2-4,8,13H,5-6H2,1H3,(H,11,12). The van der Waals surface area contributed by atoms with Crippen molar-refractivity contribution in [3.05, 3.63) is 23.4 Å². The van der Waals surface area contributed by atoms with E-state index in [2.05, 4.69) is 10.3 Å². The molecule has 0 amide bonds. The van der Waals surface area contributed by atoms with Gasteiger partial charge in [0, 0.05) is 13.3 Å². The van der Waals surface area contributed by atoms with E-state index < -0.39 is 0 Å². The molecular formula is C9H13ClN2O2. The Bertz CT molecular complexity index is 266. The normalized spacial score (nSPS) is 12.5. The van der Waals surface area contributed by atoms with E-state index in [1.54, 1.807) is 25.4 Å². The minimum absolute atomic E-state index is 0.00184. The van der Waals surface area contributed by atoms with Crippen LogP contribution in [0.1, 0.15) is 0 Å². The van der Waals surface area contributed by atoms with Gasteiger partial charge in [-0.1, -0.05) is 11.6 Å². The van der Waals surface area contributed by atoms with Crippen LogP contribution >= 0.6 is 11.6 Å². The third-order valence-corrected chi connectivity index (χ3v) is 1.89. The number of hydrogen-bond donors (Lipinski definition) is 2. The number of anilines is 1. The highest BCUT2D eigenvalue weighted by molar-refractivity contribution is 6.30. The van der Waals surface area contributed by atoms with Crippen molar-refractivity contribution < 1.29 is 9.84 Å². The molecule has 2 N–H and O–H groups in total. The molecule has 0 spiro atoms. The number of methoxy groups -OCH3 is 1. The largest absolute Gasteiger partial charge is 0.394 e. The monoisotopic (exact) mass is 216 g/mol. The SMILES string of the molecule is COCC(CO)Nc1ccc(Cl)cn1. The summed E-state index contributed by atoms with van der Waals surface area (Å²) in [5.41, 5.74) is 0. The van der Waals surface area contributed by atoms with Gasteiger partial charge in [0.1, 0.15) is 5.82 Å². The summed E-state index contributed by atoms with van der Waals surface area (Å²) in [7, 11) is 1.58. The highest BCUT2D eigenvalue weighted by atomic mass is 35.5. The van der Waals surface area contributed by atoms with Crippen LogP contribution in [0.25, 0.3) is 0 Å². The first-order valence-corrected chi connectivity index (χ1v) is 4.62. The molecular weight excluding hydrogens is 204 g/mol. The molecule has 0 bridgehead atoms. The number of hydrogen-bond acceptors (Lipinski definition) is 4. The summed E-state index contributed by atoms with van der Waals surface area (Å²) in [6.07, 6.45) is 1.55. The highest BCUT2D eigenvalue weighted by Gasteiger charge is 2.06. The Kier molecular flexibility index (Phi) is 4.65. The minimum atomic E-state index is -0.145. The van der Waals surface area contributed by atoms with Crippen LogP contribution in [0.15, 0.2) is 18.3 Å². The van der Waals surface area contributed by atoms with Gasteiger partial charge in [-0.05, 0) is 12.1 Å².